The van der Waals surface area contributed by atoms with Crippen LogP contribution in [0.5, 0.6) is 0 Å². The number of rotatable bonds is 9. The van der Waals surface area contributed by atoms with Crippen molar-refractivity contribution in [3.05, 3.63) is 54.1 Å². The van der Waals surface area contributed by atoms with Gasteiger partial charge >= 0.3 is 0 Å². The number of fused-ring (bicyclic) bond motifs is 1. The van der Waals surface area contributed by atoms with E-state index < -0.39 is 0 Å². The highest BCUT2D eigenvalue weighted by Gasteiger charge is 2.31. The molecule has 2 heterocycles. The molecule has 31 heavy (non-hydrogen) atoms. The summed E-state index contributed by atoms with van der Waals surface area (Å²) in [5.74, 6) is 1.22. The monoisotopic (exact) mass is 532 g/mol. The number of alkyl halides is 1. The zero-order valence-electron chi connectivity index (χ0n) is 19.0. The molecule has 7 heteroatoms. The van der Waals surface area contributed by atoms with Crippen LogP contribution in [-0.2, 0) is 0 Å². The summed E-state index contributed by atoms with van der Waals surface area (Å²) in [6.45, 7) is 15.0. The van der Waals surface area contributed by atoms with Crippen LogP contribution in [0, 0.1) is 6.92 Å². The molecule has 166 valence electrons. The minimum Gasteiger partial charge on any atom is -0.384 e. The van der Waals surface area contributed by atoms with Crippen molar-refractivity contribution in [1.82, 2.24) is 15.3 Å². The molecule has 0 saturated carbocycles. The van der Waals surface area contributed by atoms with E-state index in [-0.39, 0.29) is 3.42 Å². The van der Waals surface area contributed by atoms with Crippen molar-refractivity contribution in [2.75, 3.05) is 24.5 Å². The van der Waals surface area contributed by atoms with Crippen molar-refractivity contribution in [3.63, 3.8) is 0 Å². The largest absolute Gasteiger partial charge is 0.384 e. The van der Waals surface area contributed by atoms with Gasteiger partial charge in [0, 0.05) is 33.8 Å². The molecule has 2 aromatic rings. The lowest BCUT2D eigenvalue weighted by atomic mass is 9.98. The average Bonchev–Trinajstić information content (AvgIpc) is 3.07. The lowest BCUT2D eigenvalue weighted by molar-refractivity contribution is 0.637. The van der Waals surface area contributed by atoms with E-state index >= 15 is 0 Å². The van der Waals surface area contributed by atoms with Crippen molar-refractivity contribution in [2.45, 2.75) is 49.9 Å². The number of aromatic nitrogens is 2. The van der Waals surface area contributed by atoms with Crippen molar-refractivity contribution in [3.8, 4) is 0 Å². The number of nitrogens with two attached hydrogens (primary N) is 1. The second-order valence-corrected chi connectivity index (χ2v) is 11.6. The molecule has 0 saturated heterocycles. The number of aliphatic imine (C=N–C) groups is 1. The maximum Gasteiger partial charge on any atom is 0.162 e. The van der Waals surface area contributed by atoms with Crippen molar-refractivity contribution < 1.29 is 0 Å². The third-order valence-electron chi connectivity index (χ3n) is 5.60. The van der Waals surface area contributed by atoms with Gasteiger partial charge in [-0.2, -0.15) is 0 Å². The van der Waals surface area contributed by atoms with Gasteiger partial charge in [0.25, 0.3) is 0 Å². The van der Waals surface area contributed by atoms with Crippen LogP contribution in [0.2, 0.25) is 0 Å². The Bertz CT molecular complexity index is 963. The number of anilines is 2. The molecule has 0 spiro atoms. The lowest BCUT2D eigenvalue weighted by Crippen LogP contribution is -2.24. The van der Waals surface area contributed by atoms with Gasteiger partial charge in [-0.25, -0.2) is 15.0 Å². The fourth-order valence-corrected chi connectivity index (χ4v) is 4.07. The fraction of sp³-hybridized carbons (Fsp3) is 0.458. The van der Waals surface area contributed by atoms with Gasteiger partial charge in [-0.05, 0) is 44.9 Å². The quantitative estimate of drug-likeness (QED) is 0.265. The first-order valence-electron chi connectivity index (χ1n) is 10.8. The molecule has 1 aromatic carbocycles. The first-order valence-corrected chi connectivity index (χ1v) is 11.8. The van der Waals surface area contributed by atoms with Gasteiger partial charge in [-0.15, -0.1) is 0 Å². The van der Waals surface area contributed by atoms with E-state index in [1.165, 1.54) is 11.3 Å². The molecule has 1 aliphatic heterocycles. The molecule has 0 fully saturated rings. The lowest BCUT2D eigenvalue weighted by Gasteiger charge is -2.22. The number of halogens is 1. The van der Waals surface area contributed by atoms with E-state index in [1.807, 2.05) is 13.8 Å². The highest BCUT2D eigenvalue weighted by molar-refractivity contribution is 14.1. The van der Waals surface area contributed by atoms with E-state index in [0.717, 1.165) is 54.5 Å². The van der Waals surface area contributed by atoms with E-state index in [4.69, 9.17) is 10.7 Å². The van der Waals surface area contributed by atoms with E-state index in [0.29, 0.717) is 12.5 Å². The van der Waals surface area contributed by atoms with E-state index in [1.54, 1.807) is 6.33 Å². The molecule has 3 rings (SSSR count). The molecule has 1 aliphatic rings. The fourth-order valence-electron chi connectivity index (χ4n) is 3.80. The highest BCUT2D eigenvalue weighted by Crippen LogP contribution is 2.44. The van der Waals surface area contributed by atoms with Gasteiger partial charge in [-0.3, -0.25) is 0 Å². The first kappa shape index (κ1) is 23.7. The molecule has 0 amide bonds. The molecule has 6 nitrogen and oxygen atoms in total. The second kappa shape index (κ2) is 10.1. The number of aryl methyl sites for hydroxylation is 1. The molecule has 1 unspecified atom stereocenters. The van der Waals surface area contributed by atoms with Gasteiger partial charge in [0.2, 0.25) is 0 Å². The van der Waals surface area contributed by atoms with E-state index in [2.05, 4.69) is 87.5 Å². The number of allylic oxidation sites excluding steroid dienone is 1. The maximum atomic E-state index is 5.89. The summed E-state index contributed by atoms with van der Waals surface area (Å²) < 4.78 is 0.246. The summed E-state index contributed by atoms with van der Waals surface area (Å²) in [4.78, 5) is 16.2. The Labute approximate surface area is 199 Å². The Balaban J connectivity index is 1.89. The molecule has 3 N–H and O–H groups in total. The first-order chi connectivity index (χ1) is 14.7. The SMILES string of the molecule is C=C(NCCC(C)(C)I)C(C)=Nc1c(C)ncnc1N1CC(CCN)c2ccccc21. The summed E-state index contributed by atoms with van der Waals surface area (Å²) >= 11 is 2.47. The molecule has 1 aromatic heterocycles. The average molecular weight is 532 g/mol. The summed E-state index contributed by atoms with van der Waals surface area (Å²) in [6.07, 6.45) is 3.61. The minimum absolute atomic E-state index is 0.246. The molecule has 1 atom stereocenters. The summed E-state index contributed by atoms with van der Waals surface area (Å²) in [5, 5.41) is 3.41. The van der Waals surface area contributed by atoms with Crippen molar-refractivity contribution in [1.29, 1.82) is 0 Å². The van der Waals surface area contributed by atoms with Gasteiger partial charge in [0.05, 0.1) is 11.4 Å². The van der Waals surface area contributed by atoms with Gasteiger partial charge in [0.1, 0.15) is 12.0 Å². The smallest absolute Gasteiger partial charge is 0.162 e. The Hall–Kier alpha value is -2.00. The second-order valence-electron chi connectivity index (χ2n) is 8.65. The zero-order valence-corrected chi connectivity index (χ0v) is 21.1. The number of hydrogen-bond donors (Lipinski definition) is 2. The Morgan fingerprint density at radius 2 is 2.10 bits per heavy atom. The van der Waals surface area contributed by atoms with Crippen LogP contribution in [0.25, 0.3) is 0 Å². The Kier molecular flexibility index (Phi) is 7.69. The van der Waals surface area contributed by atoms with Crippen LogP contribution in [0.4, 0.5) is 17.2 Å². The molecule has 0 aliphatic carbocycles. The zero-order chi connectivity index (χ0) is 22.6. The summed E-state index contributed by atoms with van der Waals surface area (Å²) in [6, 6.07) is 8.50. The minimum atomic E-state index is 0.246. The third kappa shape index (κ3) is 5.83. The predicted octanol–water partition coefficient (Wildman–Crippen LogP) is 5.17. The van der Waals surface area contributed by atoms with E-state index in [9.17, 15) is 0 Å². The van der Waals surface area contributed by atoms with Gasteiger partial charge in [-0.1, -0.05) is 61.2 Å². The third-order valence-corrected chi connectivity index (χ3v) is 6.14. The van der Waals surface area contributed by atoms with Gasteiger partial charge < -0.3 is 16.0 Å². The molecule has 0 radical (unpaired) electrons. The summed E-state index contributed by atoms with van der Waals surface area (Å²) in [7, 11) is 0. The van der Waals surface area contributed by atoms with Crippen LogP contribution in [-0.4, -0.2) is 38.7 Å². The number of benzene rings is 1. The number of para-hydroxylation sites is 1. The number of nitrogens with one attached hydrogen (secondary N) is 1. The standard InChI is InChI=1S/C24H33IN6/c1-16(27-13-11-24(4,5)25)17(2)30-22-18(3)28-15-29-23(22)31-14-19(10-12-26)20-8-6-7-9-21(20)31/h6-9,15,19,27H,1,10-14,26H2,2-5H3. The predicted molar refractivity (Wildman–Crippen MR) is 139 cm³/mol. The van der Waals surface area contributed by atoms with Crippen molar-refractivity contribution >= 4 is 45.5 Å². The van der Waals surface area contributed by atoms with Crippen LogP contribution in [0.1, 0.15) is 50.8 Å². The molecular formula is C24H33IN6. The number of nitrogens with zero attached hydrogens (tertiary/aromatic N) is 4. The van der Waals surface area contributed by atoms with Crippen LogP contribution in [0.3, 0.4) is 0 Å². The highest BCUT2D eigenvalue weighted by atomic mass is 127. The van der Waals surface area contributed by atoms with Crippen molar-refractivity contribution in [2.24, 2.45) is 10.7 Å². The topological polar surface area (TPSA) is 79.4 Å². The van der Waals surface area contributed by atoms with Gasteiger partial charge in [0.15, 0.2) is 5.82 Å². The Morgan fingerprint density at radius 3 is 2.81 bits per heavy atom. The normalized spacial score (nSPS) is 16.4. The summed E-state index contributed by atoms with van der Waals surface area (Å²) in [5.41, 5.74) is 11.7. The van der Waals surface area contributed by atoms with Crippen LogP contribution in [0.15, 0.2) is 47.9 Å². The maximum absolute atomic E-state index is 5.89. The van der Waals surface area contributed by atoms with Crippen LogP contribution >= 0.6 is 22.6 Å². The Morgan fingerprint density at radius 1 is 1.35 bits per heavy atom. The molecular weight excluding hydrogens is 499 g/mol. The molecule has 0 bridgehead atoms. The van der Waals surface area contributed by atoms with Crippen LogP contribution < -0.4 is 16.0 Å². The number of hydrogen-bond acceptors (Lipinski definition) is 6.